The second-order valence-electron chi connectivity index (χ2n) is 6.18. The minimum Gasteiger partial charge on any atom is -0.492 e. The molecule has 2 N–H and O–H groups in total. The Bertz CT molecular complexity index is 466. The van der Waals surface area contributed by atoms with Gasteiger partial charge in [0.1, 0.15) is 12.4 Å². The first-order valence-electron chi connectivity index (χ1n) is 7.01. The van der Waals surface area contributed by atoms with Crippen LogP contribution in [0.2, 0.25) is 0 Å². The van der Waals surface area contributed by atoms with E-state index in [0.29, 0.717) is 18.6 Å². The Hall–Kier alpha value is -1.50. The van der Waals surface area contributed by atoms with Gasteiger partial charge in [-0.2, -0.15) is 0 Å². The molecular formula is C17H26N2O. The first-order valence-corrected chi connectivity index (χ1v) is 7.01. The van der Waals surface area contributed by atoms with Crippen LogP contribution in [0.25, 0.3) is 0 Å². The van der Waals surface area contributed by atoms with E-state index >= 15 is 0 Å². The van der Waals surface area contributed by atoms with Gasteiger partial charge in [-0.25, -0.2) is 0 Å². The summed E-state index contributed by atoms with van der Waals surface area (Å²) in [4.78, 5) is 2.29. The summed E-state index contributed by atoms with van der Waals surface area (Å²) in [7, 11) is 2.12. The van der Waals surface area contributed by atoms with Crippen molar-refractivity contribution in [1.29, 1.82) is 0 Å². The van der Waals surface area contributed by atoms with Crippen molar-refractivity contribution < 1.29 is 4.74 Å². The molecular weight excluding hydrogens is 248 g/mol. The smallest absolute Gasteiger partial charge is 0.120 e. The third-order valence-electron chi connectivity index (χ3n) is 2.65. The minimum atomic E-state index is 0.312. The van der Waals surface area contributed by atoms with Crippen molar-refractivity contribution in [2.75, 3.05) is 33.3 Å². The first kappa shape index (κ1) is 16.6. The number of nitrogens with zero attached hydrogens (tertiary/aromatic N) is 1. The predicted molar refractivity (Wildman–Crippen MR) is 84.8 cm³/mol. The fourth-order valence-electron chi connectivity index (χ4n) is 2.02. The molecule has 0 amide bonds. The largest absolute Gasteiger partial charge is 0.492 e. The van der Waals surface area contributed by atoms with Gasteiger partial charge in [0.05, 0.1) is 6.54 Å². The van der Waals surface area contributed by atoms with E-state index in [1.807, 2.05) is 24.3 Å². The molecule has 20 heavy (non-hydrogen) atoms. The quantitative estimate of drug-likeness (QED) is 0.838. The highest BCUT2D eigenvalue weighted by molar-refractivity contribution is 5.39. The van der Waals surface area contributed by atoms with Gasteiger partial charge >= 0.3 is 0 Å². The summed E-state index contributed by atoms with van der Waals surface area (Å²) in [6.07, 6.45) is 0. The second kappa shape index (κ2) is 7.94. The Morgan fingerprint density at radius 3 is 2.70 bits per heavy atom. The summed E-state index contributed by atoms with van der Waals surface area (Å²) in [6, 6.07) is 7.82. The number of hydrogen-bond acceptors (Lipinski definition) is 3. The van der Waals surface area contributed by atoms with E-state index < -0.39 is 0 Å². The second-order valence-corrected chi connectivity index (χ2v) is 6.18. The molecule has 0 radical (unpaired) electrons. The summed E-state index contributed by atoms with van der Waals surface area (Å²) in [6.45, 7) is 9.75. The molecule has 0 aliphatic rings. The molecule has 3 nitrogen and oxygen atoms in total. The van der Waals surface area contributed by atoms with E-state index in [0.717, 1.165) is 24.4 Å². The van der Waals surface area contributed by atoms with Gasteiger partial charge in [-0.15, -0.1) is 0 Å². The van der Waals surface area contributed by atoms with Crippen molar-refractivity contribution in [3.05, 3.63) is 29.8 Å². The molecule has 0 unspecified atom stereocenters. The molecule has 1 rings (SSSR count). The zero-order chi connectivity index (χ0) is 15.0. The number of ether oxygens (including phenoxy) is 1. The molecule has 1 aromatic carbocycles. The van der Waals surface area contributed by atoms with Gasteiger partial charge in [0.25, 0.3) is 0 Å². The van der Waals surface area contributed by atoms with Crippen LogP contribution >= 0.6 is 0 Å². The topological polar surface area (TPSA) is 38.5 Å². The molecule has 0 aliphatic heterocycles. The lowest BCUT2D eigenvalue weighted by molar-refractivity contribution is 0.188. The Kier molecular flexibility index (Phi) is 6.57. The number of hydrogen-bond donors (Lipinski definition) is 1. The molecule has 0 bridgehead atoms. The third kappa shape index (κ3) is 7.18. The van der Waals surface area contributed by atoms with Crippen LogP contribution in [-0.2, 0) is 0 Å². The average molecular weight is 274 g/mol. The number of rotatable bonds is 5. The molecule has 0 heterocycles. The summed E-state index contributed by atoms with van der Waals surface area (Å²) < 4.78 is 5.77. The maximum absolute atomic E-state index is 5.77. The van der Waals surface area contributed by atoms with Crippen LogP contribution in [0, 0.1) is 17.3 Å². The van der Waals surface area contributed by atoms with Crippen LogP contribution in [0.5, 0.6) is 5.75 Å². The van der Waals surface area contributed by atoms with Crippen LogP contribution < -0.4 is 10.5 Å². The predicted octanol–water partition coefficient (Wildman–Crippen LogP) is 2.35. The highest BCUT2D eigenvalue weighted by atomic mass is 16.5. The maximum atomic E-state index is 5.77. The lowest BCUT2D eigenvalue weighted by Gasteiger charge is -2.26. The number of benzene rings is 1. The van der Waals surface area contributed by atoms with E-state index in [1.54, 1.807) is 0 Å². The zero-order valence-electron chi connectivity index (χ0n) is 13.1. The minimum absolute atomic E-state index is 0.312. The van der Waals surface area contributed by atoms with Crippen LogP contribution in [-0.4, -0.2) is 38.2 Å². The fraction of sp³-hybridized carbons (Fsp3) is 0.529. The number of likely N-dealkylation sites (N-methyl/N-ethyl adjacent to an activating group) is 1. The molecule has 0 aliphatic carbocycles. The van der Waals surface area contributed by atoms with Crippen molar-refractivity contribution in [3.63, 3.8) is 0 Å². The van der Waals surface area contributed by atoms with Gasteiger partial charge in [0, 0.05) is 18.7 Å². The van der Waals surface area contributed by atoms with E-state index in [2.05, 4.69) is 44.6 Å². The van der Waals surface area contributed by atoms with Gasteiger partial charge in [0.15, 0.2) is 0 Å². The third-order valence-corrected chi connectivity index (χ3v) is 2.65. The van der Waals surface area contributed by atoms with Crippen LogP contribution in [0.15, 0.2) is 24.3 Å². The van der Waals surface area contributed by atoms with E-state index in [9.17, 15) is 0 Å². The molecule has 110 valence electrons. The van der Waals surface area contributed by atoms with Gasteiger partial charge in [-0.05, 0) is 30.7 Å². The van der Waals surface area contributed by atoms with E-state index in [-0.39, 0.29) is 0 Å². The highest BCUT2D eigenvalue weighted by Gasteiger charge is 2.13. The normalized spacial score (nSPS) is 11.1. The molecule has 0 atom stereocenters. The first-order chi connectivity index (χ1) is 9.40. The van der Waals surface area contributed by atoms with Crippen molar-refractivity contribution in [3.8, 4) is 17.6 Å². The van der Waals surface area contributed by atoms with Crippen molar-refractivity contribution in [1.82, 2.24) is 4.90 Å². The Balaban J connectivity index is 2.42. The van der Waals surface area contributed by atoms with Gasteiger partial charge in [-0.1, -0.05) is 38.7 Å². The SMILES string of the molecule is CN(CCOc1cccc(C#CCN)c1)CC(C)(C)C. The Labute approximate surface area is 123 Å². The molecule has 3 heteroatoms. The van der Waals surface area contributed by atoms with Gasteiger partial charge in [-0.3, -0.25) is 0 Å². The van der Waals surface area contributed by atoms with Crippen LogP contribution in [0.1, 0.15) is 26.3 Å². The van der Waals surface area contributed by atoms with Crippen LogP contribution in [0.4, 0.5) is 0 Å². The summed E-state index contributed by atoms with van der Waals surface area (Å²) in [5.41, 5.74) is 6.62. The lowest BCUT2D eigenvalue weighted by atomic mass is 9.96. The molecule has 0 saturated carbocycles. The number of nitrogens with two attached hydrogens (primary N) is 1. The van der Waals surface area contributed by atoms with Crippen molar-refractivity contribution in [2.45, 2.75) is 20.8 Å². The summed E-state index contributed by atoms with van der Waals surface area (Å²) >= 11 is 0. The molecule has 0 aromatic heterocycles. The average Bonchev–Trinajstić information content (AvgIpc) is 2.34. The molecule has 1 aromatic rings. The van der Waals surface area contributed by atoms with Crippen molar-refractivity contribution >= 4 is 0 Å². The van der Waals surface area contributed by atoms with E-state index in [1.165, 1.54) is 0 Å². The van der Waals surface area contributed by atoms with Crippen molar-refractivity contribution in [2.24, 2.45) is 11.1 Å². The van der Waals surface area contributed by atoms with Gasteiger partial charge < -0.3 is 15.4 Å². The monoisotopic (exact) mass is 274 g/mol. The maximum Gasteiger partial charge on any atom is 0.120 e. The zero-order valence-corrected chi connectivity index (χ0v) is 13.1. The molecule has 0 fully saturated rings. The standard InChI is InChI=1S/C17H26N2O/c1-17(2,3)14-19(4)11-12-20-16-9-5-7-15(13-16)8-6-10-18/h5,7,9,13H,10-12,14,18H2,1-4H3. The van der Waals surface area contributed by atoms with Gasteiger partial charge in [0.2, 0.25) is 0 Å². The molecule has 0 saturated heterocycles. The Morgan fingerprint density at radius 1 is 1.30 bits per heavy atom. The van der Waals surface area contributed by atoms with Crippen LogP contribution in [0.3, 0.4) is 0 Å². The Morgan fingerprint density at radius 2 is 2.05 bits per heavy atom. The highest BCUT2D eigenvalue weighted by Crippen LogP contribution is 2.15. The summed E-state index contributed by atoms with van der Waals surface area (Å²) in [5.74, 6) is 6.71. The summed E-state index contributed by atoms with van der Waals surface area (Å²) in [5, 5.41) is 0. The lowest BCUT2D eigenvalue weighted by Crippen LogP contribution is -2.32. The molecule has 0 spiro atoms. The fourth-order valence-corrected chi connectivity index (χ4v) is 2.02. The van der Waals surface area contributed by atoms with E-state index in [4.69, 9.17) is 10.5 Å².